The van der Waals surface area contributed by atoms with Crippen molar-refractivity contribution in [2.45, 2.75) is 11.1 Å². The van der Waals surface area contributed by atoms with Gasteiger partial charge in [-0.05, 0) is 42.0 Å². The van der Waals surface area contributed by atoms with Crippen LogP contribution < -0.4 is 16.5 Å². The third-order valence-electron chi connectivity index (χ3n) is 4.24. The molecular weight excluding hydrogens is 402 g/mol. The number of nitrogens with zero attached hydrogens (tertiary/aromatic N) is 2. The number of hydrogen-bond donors (Lipinski definition) is 3. The first-order valence-electron chi connectivity index (χ1n) is 8.97. The molecule has 2 heterocycles. The second-order valence-corrected chi connectivity index (χ2v) is 8.60. The van der Waals surface area contributed by atoms with Crippen molar-refractivity contribution in [3.8, 4) is 0 Å². The lowest BCUT2D eigenvalue weighted by atomic mass is 10.1. The van der Waals surface area contributed by atoms with E-state index in [0.717, 1.165) is 21.4 Å². The van der Waals surface area contributed by atoms with Crippen molar-refractivity contribution in [3.05, 3.63) is 89.7 Å². The molecule has 2 aromatic carbocycles. The van der Waals surface area contributed by atoms with Crippen molar-refractivity contribution < 1.29 is 4.79 Å². The Labute approximate surface area is 177 Å². The summed E-state index contributed by atoms with van der Waals surface area (Å²) < 4.78 is 0.974. The van der Waals surface area contributed by atoms with Gasteiger partial charge in [0, 0.05) is 17.5 Å². The molecule has 4 rings (SSSR count). The summed E-state index contributed by atoms with van der Waals surface area (Å²) in [6.45, 7) is 0. The SMILES string of the molecule is Nc1ccccc1NC(=O)c1ccc(CSC2=NNC(c3ccccn3)S2)cc1. The number of carbonyl (C=O) groups is 1. The summed E-state index contributed by atoms with van der Waals surface area (Å²) in [6.07, 6.45) is 1.78. The van der Waals surface area contributed by atoms with Gasteiger partial charge >= 0.3 is 0 Å². The van der Waals surface area contributed by atoms with Crippen molar-refractivity contribution in [2.75, 3.05) is 11.1 Å². The monoisotopic (exact) mass is 421 g/mol. The van der Waals surface area contributed by atoms with Gasteiger partial charge in [0.1, 0.15) is 5.37 Å². The van der Waals surface area contributed by atoms with Crippen LogP contribution in [0.1, 0.15) is 27.0 Å². The zero-order valence-electron chi connectivity index (χ0n) is 15.4. The number of nitrogen functional groups attached to an aromatic ring is 1. The Bertz CT molecular complexity index is 1020. The lowest BCUT2D eigenvalue weighted by Gasteiger charge is -2.08. The van der Waals surface area contributed by atoms with E-state index in [2.05, 4.69) is 20.8 Å². The Morgan fingerprint density at radius 2 is 1.90 bits per heavy atom. The molecule has 1 unspecified atom stereocenters. The van der Waals surface area contributed by atoms with Crippen molar-refractivity contribution in [3.63, 3.8) is 0 Å². The third kappa shape index (κ3) is 4.90. The summed E-state index contributed by atoms with van der Waals surface area (Å²) in [5, 5.41) is 7.27. The minimum atomic E-state index is -0.180. The number of para-hydroxylation sites is 2. The van der Waals surface area contributed by atoms with Crippen molar-refractivity contribution >= 4 is 45.2 Å². The third-order valence-corrected chi connectivity index (χ3v) is 6.57. The Balaban J connectivity index is 1.30. The first-order valence-corrected chi connectivity index (χ1v) is 10.8. The van der Waals surface area contributed by atoms with Gasteiger partial charge in [0.25, 0.3) is 5.91 Å². The van der Waals surface area contributed by atoms with E-state index in [4.69, 9.17) is 5.73 Å². The molecular formula is C21H19N5OS2. The van der Waals surface area contributed by atoms with E-state index in [-0.39, 0.29) is 11.3 Å². The molecule has 0 fully saturated rings. The van der Waals surface area contributed by atoms with Crippen LogP contribution in [0, 0.1) is 0 Å². The van der Waals surface area contributed by atoms with E-state index < -0.39 is 0 Å². The van der Waals surface area contributed by atoms with Gasteiger partial charge in [-0.3, -0.25) is 15.2 Å². The van der Waals surface area contributed by atoms with Crippen LogP contribution in [0.4, 0.5) is 11.4 Å². The van der Waals surface area contributed by atoms with Crippen LogP contribution in [0.25, 0.3) is 0 Å². The van der Waals surface area contributed by atoms with Crippen LogP contribution in [0.2, 0.25) is 0 Å². The van der Waals surface area contributed by atoms with Crippen LogP contribution in [0.3, 0.4) is 0 Å². The highest BCUT2D eigenvalue weighted by Gasteiger charge is 2.22. The smallest absolute Gasteiger partial charge is 0.255 e. The Morgan fingerprint density at radius 3 is 2.66 bits per heavy atom. The van der Waals surface area contributed by atoms with E-state index in [1.54, 1.807) is 41.9 Å². The van der Waals surface area contributed by atoms with E-state index in [1.807, 2.05) is 54.6 Å². The summed E-state index contributed by atoms with van der Waals surface area (Å²) >= 11 is 3.32. The number of amides is 1. The lowest BCUT2D eigenvalue weighted by molar-refractivity contribution is 0.102. The summed E-state index contributed by atoms with van der Waals surface area (Å²) in [6, 6.07) is 20.6. The maximum Gasteiger partial charge on any atom is 0.255 e. The van der Waals surface area contributed by atoms with Gasteiger partial charge in [-0.2, -0.15) is 5.10 Å². The molecule has 1 aliphatic rings. The summed E-state index contributed by atoms with van der Waals surface area (Å²) in [7, 11) is 0. The summed E-state index contributed by atoms with van der Waals surface area (Å²) in [4.78, 5) is 16.8. The van der Waals surface area contributed by atoms with Gasteiger partial charge in [0.15, 0.2) is 4.38 Å². The van der Waals surface area contributed by atoms with Crippen molar-refractivity contribution in [1.82, 2.24) is 10.4 Å². The normalized spacial score (nSPS) is 15.4. The molecule has 0 aliphatic carbocycles. The second-order valence-electron chi connectivity index (χ2n) is 6.29. The highest BCUT2D eigenvalue weighted by Crippen LogP contribution is 2.35. The van der Waals surface area contributed by atoms with Crippen LogP contribution in [-0.2, 0) is 5.75 Å². The number of aromatic nitrogens is 1. The molecule has 0 radical (unpaired) electrons. The fourth-order valence-corrected chi connectivity index (χ4v) is 4.70. The number of rotatable bonds is 5. The zero-order valence-corrected chi connectivity index (χ0v) is 17.0. The molecule has 0 spiro atoms. The molecule has 1 atom stereocenters. The molecule has 4 N–H and O–H groups in total. The number of benzene rings is 2. The maximum absolute atomic E-state index is 12.4. The van der Waals surface area contributed by atoms with Gasteiger partial charge in [0.05, 0.1) is 17.1 Å². The number of nitrogens with two attached hydrogens (primary N) is 1. The number of carbonyl (C=O) groups excluding carboxylic acids is 1. The molecule has 6 nitrogen and oxygen atoms in total. The van der Waals surface area contributed by atoms with Crippen molar-refractivity contribution in [1.29, 1.82) is 0 Å². The summed E-state index contributed by atoms with van der Waals surface area (Å²) in [5.74, 6) is 0.593. The number of anilines is 2. The topological polar surface area (TPSA) is 92.4 Å². The number of hydrogen-bond acceptors (Lipinski definition) is 7. The number of hydrazone groups is 1. The molecule has 1 amide bonds. The largest absolute Gasteiger partial charge is 0.397 e. The zero-order chi connectivity index (χ0) is 20.1. The molecule has 8 heteroatoms. The standard InChI is InChI=1S/C21H19N5OS2/c22-16-5-1-2-6-17(16)24-19(27)15-10-8-14(9-11-15)13-28-21-26-25-20(29-21)18-7-3-4-12-23-18/h1-12,20,25H,13,22H2,(H,24,27). The van der Waals surface area contributed by atoms with E-state index >= 15 is 0 Å². The van der Waals surface area contributed by atoms with Crippen molar-refractivity contribution in [2.24, 2.45) is 5.10 Å². The van der Waals surface area contributed by atoms with E-state index in [1.165, 1.54) is 0 Å². The van der Waals surface area contributed by atoms with Crippen LogP contribution in [-0.4, -0.2) is 15.3 Å². The van der Waals surface area contributed by atoms with Crippen LogP contribution in [0.15, 0.2) is 78.0 Å². The molecule has 1 aliphatic heterocycles. The fraction of sp³-hybridized carbons (Fsp3) is 0.0952. The molecule has 0 saturated carbocycles. The first kappa shape index (κ1) is 19.4. The second kappa shape index (κ2) is 9.02. The van der Waals surface area contributed by atoms with Crippen LogP contribution >= 0.6 is 23.5 Å². The Kier molecular flexibility index (Phi) is 6.02. The molecule has 146 valence electrons. The Hall–Kier alpha value is -2.97. The number of thioether (sulfide) groups is 2. The number of nitrogens with one attached hydrogen (secondary N) is 2. The molecule has 0 saturated heterocycles. The average Bonchev–Trinajstić information content (AvgIpc) is 3.24. The predicted molar refractivity (Wildman–Crippen MR) is 122 cm³/mol. The molecule has 3 aromatic rings. The quantitative estimate of drug-likeness (QED) is 0.527. The first-order chi connectivity index (χ1) is 14.2. The molecule has 1 aromatic heterocycles. The fourth-order valence-electron chi connectivity index (χ4n) is 2.69. The molecule has 29 heavy (non-hydrogen) atoms. The van der Waals surface area contributed by atoms with Gasteiger partial charge in [-0.1, -0.05) is 53.9 Å². The average molecular weight is 422 g/mol. The van der Waals surface area contributed by atoms with Gasteiger partial charge < -0.3 is 11.1 Å². The summed E-state index contributed by atoms with van der Waals surface area (Å²) in [5.41, 5.74) is 12.8. The highest BCUT2D eigenvalue weighted by molar-refractivity contribution is 8.38. The molecule has 0 bridgehead atoms. The van der Waals surface area contributed by atoms with Gasteiger partial charge in [-0.25, -0.2) is 0 Å². The van der Waals surface area contributed by atoms with Crippen LogP contribution in [0.5, 0.6) is 0 Å². The Morgan fingerprint density at radius 1 is 1.10 bits per heavy atom. The lowest BCUT2D eigenvalue weighted by Crippen LogP contribution is -2.13. The van der Waals surface area contributed by atoms with Gasteiger partial charge in [0.2, 0.25) is 0 Å². The van der Waals surface area contributed by atoms with E-state index in [0.29, 0.717) is 16.9 Å². The number of pyridine rings is 1. The minimum Gasteiger partial charge on any atom is -0.397 e. The minimum absolute atomic E-state index is 0.0511. The van der Waals surface area contributed by atoms with E-state index in [9.17, 15) is 4.79 Å². The highest BCUT2D eigenvalue weighted by atomic mass is 32.2. The maximum atomic E-state index is 12.4. The predicted octanol–water partition coefficient (Wildman–Crippen LogP) is 4.46. The van der Waals surface area contributed by atoms with Gasteiger partial charge in [-0.15, -0.1) is 0 Å².